The molecule has 0 radical (unpaired) electrons. The van der Waals surface area contributed by atoms with E-state index in [1.54, 1.807) is 0 Å². The van der Waals surface area contributed by atoms with Crippen LogP contribution in [0.2, 0.25) is 0 Å². The Morgan fingerprint density at radius 3 is 2.15 bits per heavy atom. The summed E-state index contributed by atoms with van der Waals surface area (Å²) >= 11 is 0. The molecule has 0 amide bonds. The van der Waals surface area contributed by atoms with E-state index in [4.69, 9.17) is 9.47 Å². The molecule has 0 bridgehead atoms. The molecule has 1 aliphatic carbocycles. The van der Waals surface area contributed by atoms with E-state index >= 15 is 0 Å². The Bertz CT molecular complexity index is 454. The molecule has 1 saturated carbocycles. The van der Waals surface area contributed by atoms with Crippen LogP contribution in [0, 0.1) is 23.7 Å². The van der Waals surface area contributed by atoms with Gasteiger partial charge >= 0.3 is 5.97 Å². The molecular formula is C22H41NO3. The average Bonchev–Trinajstić information content (AvgIpc) is 2.86. The van der Waals surface area contributed by atoms with Crippen LogP contribution in [-0.2, 0) is 14.3 Å². The van der Waals surface area contributed by atoms with Crippen LogP contribution in [0.15, 0.2) is 0 Å². The molecule has 0 aromatic carbocycles. The van der Waals surface area contributed by atoms with Gasteiger partial charge in [-0.2, -0.15) is 0 Å². The topological polar surface area (TPSA) is 38.8 Å². The first-order valence-electron chi connectivity index (χ1n) is 10.7. The summed E-state index contributed by atoms with van der Waals surface area (Å²) < 4.78 is 12.2. The molecule has 2 aliphatic rings. The van der Waals surface area contributed by atoms with E-state index in [0.29, 0.717) is 36.3 Å². The Kier molecular flexibility index (Phi) is 7.55. The summed E-state index contributed by atoms with van der Waals surface area (Å²) in [7, 11) is 0. The van der Waals surface area contributed by atoms with Crippen molar-refractivity contribution in [2.45, 2.75) is 112 Å². The largest absolute Gasteiger partial charge is 0.435 e. The third kappa shape index (κ3) is 5.01. The summed E-state index contributed by atoms with van der Waals surface area (Å²) in [6.07, 6.45) is 3.85. The Hall–Kier alpha value is -0.610. The van der Waals surface area contributed by atoms with Gasteiger partial charge in [0.1, 0.15) is 0 Å². The van der Waals surface area contributed by atoms with Crippen molar-refractivity contribution in [1.29, 1.82) is 0 Å². The van der Waals surface area contributed by atoms with Crippen molar-refractivity contribution in [1.82, 2.24) is 4.90 Å². The molecule has 1 heterocycles. The van der Waals surface area contributed by atoms with Crippen LogP contribution in [0.3, 0.4) is 0 Å². The van der Waals surface area contributed by atoms with Crippen molar-refractivity contribution in [3.05, 3.63) is 0 Å². The van der Waals surface area contributed by atoms with Gasteiger partial charge in [-0.05, 0) is 65.2 Å². The predicted molar refractivity (Wildman–Crippen MR) is 106 cm³/mol. The molecular weight excluding hydrogens is 326 g/mol. The molecule has 26 heavy (non-hydrogen) atoms. The molecule has 2 rings (SSSR count). The number of hydrogen-bond donors (Lipinski definition) is 0. The van der Waals surface area contributed by atoms with Gasteiger partial charge in [0.25, 0.3) is 0 Å². The molecule has 0 N–H and O–H groups in total. The summed E-state index contributed by atoms with van der Waals surface area (Å²) in [5.41, 5.74) is 0. The zero-order valence-corrected chi connectivity index (χ0v) is 18.2. The van der Waals surface area contributed by atoms with Gasteiger partial charge in [0.15, 0.2) is 0 Å². The Morgan fingerprint density at radius 1 is 1.00 bits per heavy atom. The number of nitrogens with zero attached hydrogens (tertiary/aromatic N) is 1. The van der Waals surface area contributed by atoms with Gasteiger partial charge in [-0.15, -0.1) is 0 Å². The first kappa shape index (κ1) is 21.7. The monoisotopic (exact) mass is 367 g/mol. The van der Waals surface area contributed by atoms with Crippen LogP contribution >= 0.6 is 0 Å². The van der Waals surface area contributed by atoms with Crippen molar-refractivity contribution in [3.63, 3.8) is 0 Å². The normalized spacial score (nSPS) is 34.2. The maximum absolute atomic E-state index is 12.1. The second-order valence-corrected chi connectivity index (χ2v) is 9.60. The minimum atomic E-state index is -0.394. The predicted octanol–water partition coefficient (Wildman–Crippen LogP) is 4.86. The zero-order valence-electron chi connectivity index (χ0n) is 18.2. The van der Waals surface area contributed by atoms with Gasteiger partial charge in [-0.3, -0.25) is 9.69 Å². The Balaban J connectivity index is 2.14. The summed E-state index contributed by atoms with van der Waals surface area (Å²) in [5, 5.41) is 0. The fourth-order valence-electron chi connectivity index (χ4n) is 5.28. The van der Waals surface area contributed by atoms with Crippen molar-refractivity contribution >= 4 is 5.97 Å². The number of carbonyl (C=O) groups is 1. The Morgan fingerprint density at radius 2 is 1.62 bits per heavy atom. The highest BCUT2D eigenvalue weighted by molar-refractivity contribution is 5.72. The standard InChI is InChI=1S/C22H41NO3/c1-13(2)18-10-9-16(7)11-20(18)25-22-19(12-21(24)26-22)17(8)23(14(3)4)15(5)6/h13-20,22H,9-12H2,1-8H3/t16-,17-,18+,19+,20-,22-/m1/s1. The minimum absolute atomic E-state index is 0.107. The summed E-state index contributed by atoms with van der Waals surface area (Å²) in [6.45, 7) is 18.0. The van der Waals surface area contributed by atoms with E-state index in [9.17, 15) is 4.79 Å². The average molecular weight is 368 g/mol. The third-order valence-electron chi connectivity index (χ3n) is 6.55. The highest BCUT2D eigenvalue weighted by Gasteiger charge is 2.45. The number of carbonyl (C=O) groups excluding carboxylic acids is 1. The lowest BCUT2D eigenvalue weighted by molar-refractivity contribution is -0.201. The van der Waals surface area contributed by atoms with Gasteiger partial charge in [-0.1, -0.05) is 27.2 Å². The molecule has 2 fully saturated rings. The molecule has 0 aromatic heterocycles. The maximum Gasteiger partial charge on any atom is 0.308 e. The second-order valence-electron chi connectivity index (χ2n) is 9.60. The number of esters is 1. The molecule has 0 unspecified atom stereocenters. The summed E-state index contributed by atoms with van der Waals surface area (Å²) in [6, 6.07) is 1.11. The molecule has 152 valence electrons. The number of cyclic esters (lactones) is 1. The highest BCUT2D eigenvalue weighted by atomic mass is 16.7. The lowest BCUT2D eigenvalue weighted by atomic mass is 9.75. The molecule has 1 aliphatic heterocycles. The van der Waals surface area contributed by atoms with E-state index in [-0.39, 0.29) is 24.0 Å². The first-order valence-corrected chi connectivity index (χ1v) is 10.7. The molecule has 6 atom stereocenters. The zero-order chi connectivity index (χ0) is 19.6. The molecule has 4 heteroatoms. The van der Waals surface area contributed by atoms with Crippen LogP contribution in [0.4, 0.5) is 0 Å². The van der Waals surface area contributed by atoms with E-state index in [2.05, 4.69) is 60.3 Å². The van der Waals surface area contributed by atoms with E-state index in [1.165, 1.54) is 12.8 Å². The van der Waals surface area contributed by atoms with Gasteiger partial charge in [0.2, 0.25) is 6.29 Å². The van der Waals surface area contributed by atoms with Crippen molar-refractivity contribution < 1.29 is 14.3 Å². The lowest BCUT2D eigenvalue weighted by Gasteiger charge is -2.42. The highest BCUT2D eigenvalue weighted by Crippen LogP contribution is 2.39. The lowest BCUT2D eigenvalue weighted by Crippen LogP contribution is -2.50. The van der Waals surface area contributed by atoms with Crippen molar-refractivity contribution in [2.75, 3.05) is 0 Å². The number of ether oxygens (including phenoxy) is 2. The number of rotatable bonds is 7. The van der Waals surface area contributed by atoms with Gasteiger partial charge < -0.3 is 9.47 Å². The van der Waals surface area contributed by atoms with Crippen LogP contribution in [0.5, 0.6) is 0 Å². The van der Waals surface area contributed by atoms with Crippen LogP contribution in [0.25, 0.3) is 0 Å². The van der Waals surface area contributed by atoms with E-state index in [1.807, 2.05) is 0 Å². The van der Waals surface area contributed by atoms with Crippen LogP contribution < -0.4 is 0 Å². The quantitative estimate of drug-likeness (QED) is 0.602. The van der Waals surface area contributed by atoms with Crippen LogP contribution in [0.1, 0.15) is 81.1 Å². The second kappa shape index (κ2) is 9.05. The maximum atomic E-state index is 12.1. The first-order chi connectivity index (χ1) is 12.1. The van der Waals surface area contributed by atoms with Crippen molar-refractivity contribution in [2.24, 2.45) is 23.7 Å². The fraction of sp³-hybridized carbons (Fsp3) is 0.955. The minimum Gasteiger partial charge on any atom is -0.435 e. The van der Waals surface area contributed by atoms with E-state index < -0.39 is 6.29 Å². The molecule has 0 aromatic rings. The SMILES string of the molecule is CC(C)[C@@H]1CC[C@@H](C)C[C@H]1O[C@@H]1OC(=O)C[C@H]1[C@@H](C)N(C(C)C)C(C)C. The molecule has 4 nitrogen and oxygen atoms in total. The number of hydrogen-bond acceptors (Lipinski definition) is 4. The Labute approximate surface area is 161 Å². The summed E-state index contributed by atoms with van der Waals surface area (Å²) in [4.78, 5) is 14.6. The molecule has 0 spiro atoms. The van der Waals surface area contributed by atoms with Crippen molar-refractivity contribution in [3.8, 4) is 0 Å². The van der Waals surface area contributed by atoms with Gasteiger partial charge in [0, 0.05) is 24.0 Å². The smallest absolute Gasteiger partial charge is 0.308 e. The van der Waals surface area contributed by atoms with Gasteiger partial charge in [-0.25, -0.2) is 0 Å². The van der Waals surface area contributed by atoms with E-state index in [0.717, 1.165) is 6.42 Å². The third-order valence-corrected chi connectivity index (χ3v) is 6.55. The molecule has 1 saturated heterocycles. The van der Waals surface area contributed by atoms with Gasteiger partial charge in [0.05, 0.1) is 12.5 Å². The summed E-state index contributed by atoms with van der Waals surface area (Å²) in [5.74, 6) is 1.85. The fourth-order valence-corrected chi connectivity index (χ4v) is 5.28. The van der Waals surface area contributed by atoms with Crippen LogP contribution in [-0.4, -0.2) is 41.4 Å².